The van der Waals surface area contributed by atoms with Gasteiger partial charge in [-0.15, -0.1) is 0 Å². The van der Waals surface area contributed by atoms with E-state index in [9.17, 15) is 0 Å². The van der Waals surface area contributed by atoms with Gasteiger partial charge in [-0.25, -0.2) is 0 Å². The van der Waals surface area contributed by atoms with Crippen LogP contribution in [0.1, 0.15) is 0 Å². The molecule has 0 aliphatic carbocycles. The van der Waals surface area contributed by atoms with Gasteiger partial charge < -0.3 is 19.2 Å². The van der Waals surface area contributed by atoms with Gasteiger partial charge in [-0.05, 0) is 0 Å². The molecule has 4 N–H and O–H groups in total. The third-order valence-corrected chi connectivity index (χ3v) is 0. The van der Waals surface area contributed by atoms with Crippen molar-refractivity contribution in [3.8, 4) is 0 Å². The molecule has 0 saturated carbocycles. The largest absolute Gasteiger partial charge is 0.761 e. The fraction of sp³-hybridized carbons (Fsp3) is 0. The van der Waals surface area contributed by atoms with Crippen LogP contribution in [0.4, 0.5) is 0 Å². The van der Waals surface area contributed by atoms with E-state index in [0.29, 0.717) is 0 Å². The van der Waals surface area contributed by atoms with Gasteiger partial charge in [0.15, 0.2) is 0 Å². The Morgan fingerprint density at radius 2 is 0.778 bits per heavy atom. The van der Waals surface area contributed by atoms with E-state index in [-0.39, 0.29) is 21.1 Å². The predicted molar refractivity (Wildman–Crippen MR) is 21.8 cm³/mol. The van der Waals surface area contributed by atoms with Gasteiger partial charge in [-0.1, -0.05) is 0 Å². The summed E-state index contributed by atoms with van der Waals surface area (Å²) in [6.45, 7) is 0. The van der Waals surface area contributed by atoms with Crippen LogP contribution in [0.5, 0.6) is 0 Å². The summed E-state index contributed by atoms with van der Waals surface area (Å²) >= 11 is 0. The Bertz CT molecular complexity index is 69.1. The van der Waals surface area contributed by atoms with E-state index in [1.165, 1.54) is 0 Å². The Kier molecular flexibility index (Phi) is 19.2. The molecule has 0 aliphatic heterocycles. The average Bonchev–Trinajstić information content (AvgIpc) is 1.25. The molecule has 0 amide bonds. The summed E-state index contributed by atoms with van der Waals surface area (Å²) < 4.78 is 17.5. The second-order valence-electron chi connectivity index (χ2n) is 0.565. The normalized spacial score (nSPS) is 5.33. The first-order valence-corrected chi connectivity index (χ1v) is 3.91. The number of hydrogen-bond acceptors (Lipinski definition) is 2. The maximum Gasteiger partial charge on any atom is 0.761 e. The third kappa shape index (κ3) is 45800. The van der Waals surface area contributed by atoms with Crippen molar-refractivity contribution in [1.82, 2.24) is 0 Å². The van der Waals surface area contributed by atoms with Crippen molar-refractivity contribution < 1.29 is 49.2 Å². The van der Waals surface area contributed by atoms with Crippen LogP contribution in [-0.2, 0) is 30.0 Å². The molecule has 0 unspecified atom stereocenters. The molecule has 0 atom stereocenters. The van der Waals surface area contributed by atoms with Gasteiger partial charge in [0.2, 0.25) is 0 Å². The van der Waals surface area contributed by atoms with Crippen LogP contribution < -0.4 is 0 Å². The minimum atomic E-state index is -3.13. The van der Waals surface area contributed by atoms with E-state index < -0.39 is 18.3 Å². The zero-order valence-corrected chi connectivity index (χ0v) is 8.02. The van der Waals surface area contributed by atoms with E-state index in [1.54, 1.807) is 0 Å². The molecule has 54 valence electrons. The molecule has 0 heterocycles. The van der Waals surface area contributed by atoms with Gasteiger partial charge in [0.05, 0.1) is 0 Å². The summed E-state index contributed by atoms with van der Waals surface area (Å²) in [7, 11) is -6.26. The molecule has 0 aromatic heterocycles. The topological polar surface area (TPSA) is 115 Å². The van der Waals surface area contributed by atoms with E-state index in [1.807, 2.05) is 0 Å². The molecule has 0 aromatic rings. The first kappa shape index (κ1) is 16.0. The van der Waals surface area contributed by atoms with Crippen molar-refractivity contribution >= 4 is 18.3 Å². The Morgan fingerprint density at radius 3 is 0.778 bits per heavy atom. The average molecular weight is 252 g/mol. The molecular weight excluding hydrogens is 248 g/mol. The second-order valence-corrected chi connectivity index (χ2v) is 1.70. The standard InChI is InChI=1S/Mo.2H2O3Si/c;2*1-4(2)3/h;2*1-2H. The van der Waals surface area contributed by atoms with Crippen molar-refractivity contribution in [2.45, 2.75) is 0 Å². The molecular formula is H4MoO6Si2. The third-order valence-electron chi connectivity index (χ3n) is 0. The first-order valence-electron chi connectivity index (χ1n) is 1.30. The van der Waals surface area contributed by atoms with E-state index in [0.717, 1.165) is 0 Å². The molecule has 0 spiro atoms. The Balaban J connectivity index is -0.0000000720. The van der Waals surface area contributed by atoms with Crippen LogP contribution in [0.15, 0.2) is 0 Å². The monoisotopic (exact) mass is 254 g/mol. The summed E-state index contributed by atoms with van der Waals surface area (Å²) in [5.74, 6) is 0. The van der Waals surface area contributed by atoms with Crippen molar-refractivity contribution in [1.29, 1.82) is 0 Å². The van der Waals surface area contributed by atoms with Crippen molar-refractivity contribution in [2.24, 2.45) is 0 Å². The minimum absolute atomic E-state index is 0. The summed E-state index contributed by atoms with van der Waals surface area (Å²) in [5, 5.41) is 0. The van der Waals surface area contributed by atoms with Gasteiger partial charge in [-0.2, -0.15) is 0 Å². The van der Waals surface area contributed by atoms with Crippen LogP contribution in [0.2, 0.25) is 0 Å². The molecule has 0 aromatic carbocycles. The Morgan fingerprint density at radius 1 is 0.778 bits per heavy atom. The van der Waals surface area contributed by atoms with E-state index in [2.05, 4.69) is 0 Å². The maximum absolute atomic E-state index is 8.74. The molecule has 0 fully saturated rings. The summed E-state index contributed by atoms with van der Waals surface area (Å²) in [6, 6.07) is 0. The van der Waals surface area contributed by atoms with Crippen LogP contribution in [0.3, 0.4) is 0 Å². The molecule has 0 aliphatic rings. The zero-order valence-electron chi connectivity index (χ0n) is 4.01. The molecule has 0 radical (unpaired) electrons. The van der Waals surface area contributed by atoms with Crippen molar-refractivity contribution in [2.75, 3.05) is 0 Å². The van der Waals surface area contributed by atoms with Gasteiger partial charge >= 0.3 is 18.3 Å². The predicted octanol–water partition coefficient (Wildman–Crippen LogP) is -3.23. The summed E-state index contributed by atoms with van der Waals surface area (Å²) in [5.41, 5.74) is 0. The van der Waals surface area contributed by atoms with Crippen molar-refractivity contribution in [3.05, 3.63) is 0 Å². The molecule has 6 nitrogen and oxygen atoms in total. The van der Waals surface area contributed by atoms with Crippen LogP contribution in [0, 0.1) is 0 Å². The summed E-state index contributed by atoms with van der Waals surface area (Å²) in [6.07, 6.45) is 0. The molecule has 0 bridgehead atoms. The van der Waals surface area contributed by atoms with Crippen molar-refractivity contribution in [3.63, 3.8) is 0 Å². The van der Waals surface area contributed by atoms with Crippen LogP contribution in [-0.4, -0.2) is 37.5 Å². The zero-order chi connectivity index (χ0) is 7.15. The minimum Gasteiger partial charge on any atom is -0.511 e. The van der Waals surface area contributed by atoms with Crippen LogP contribution in [0.25, 0.3) is 0 Å². The first-order chi connectivity index (χ1) is 3.46. The Hall–Kier alpha value is -0.0779. The molecule has 0 rings (SSSR count). The fourth-order valence-corrected chi connectivity index (χ4v) is 0. The van der Waals surface area contributed by atoms with Gasteiger partial charge in [-0.3, -0.25) is 8.92 Å². The van der Waals surface area contributed by atoms with Gasteiger partial charge in [0, 0.05) is 21.1 Å². The van der Waals surface area contributed by atoms with Crippen LogP contribution >= 0.6 is 0 Å². The smallest absolute Gasteiger partial charge is 0.511 e. The number of rotatable bonds is 0. The van der Waals surface area contributed by atoms with E-state index in [4.69, 9.17) is 28.1 Å². The number of hydrogen-bond donors (Lipinski definition) is 4. The van der Waals surface area contributed by atoms with Gasteiger partial charge in [0.1, 0.15) is 0 Å². The van der Waals surface area contributed by atoms with E-state index >= 15 is 0 Å². The maximum atomic E-state index is 8.74. The second kappa shape index (κ2) is 10.8. The molecule has 0 saturated heterocycles. The quantitative estimate of drug-likeness (QED) is 0.337. The SMILES string of the molecule is O=[Si](O)O.O=[Si](O)O.[Mo]. The summed E-state index contributed by atoms with van der Waals surface area (Å²) in [4.78, 5) is 28.6. The fourth-order valence-electron chi connectivity index (χ4n) is 0. The Labute approximate surface area is 67.8 Å². The molecule has 9 heavy (non-hydrogen) atoms. The molecule has 9 heteroatoms. The van der Waals surface area contributed by atoms with Gasteiger partial charge in [0.25, 0.3) is 0 Å².